The molecule has 1 saturated carbocycles. The van der Waals surface area contributed by atoms with Crippen molar-refractivity contribution in [3.8, 4) is 0 Å². The molecule has 10 heteroatoms. The van der Waals surface area contributed by atoms with Crippen molar-refractivity contribution < 1.29 is 24.6 Å². The van der Waals surface area contributed by atoms with Gasteiger partial charge in [0.05, 0.1) is 35.1 Å². The van der Waals surface area contributed by atoms with Gasteiger partial charge in [-0.05, 0) is 49.3 Å². The molecule has 1 aromatic carbocycles. The van der Waals surface area contributed by atoms with Gasteiger partial charge in [0, 0.05) is 32.7 Å². The smallest absolute Gasteiger partial charge is 0.245 e. The lowest BCUT2D eigenvalue weighted by Gasteiger charge is -2.40. The highest BCUT2D eigenvalue weighted by Gasteiger charge is 2.51. The standard InChI is InChI=1S/C24H31Cl2N3O5/c1-15-23(34)28(8-9-29(15)22(33)11-16-2-3-18(25)19(26)10-16)13-17(30)12-21(32)27-7-6-24(4-5-24)20(31)14-27/h2-3,10,15,17,20,30-31H,4-9,11-14H2,1H3/t15-,17?,20+/m0/s1. The van der Waals surface area contributed by atoms with E-state index in [2.05, 4.69) is 0 Å². The molecule has 0 aromatic heterocycles. The molecule has 2 N–H and O–H groups in total. The molecule has 1 aromatic rings. The fourth-order valence-electron chi connectivity index (χ4n) is 5.02. The summed E-state index contributed by atoms with van der Waals surface area (Å²) < 4.78 is 0. The van der Waals surface area contributed by atoms with Crippen LogP contribution in [0.4, 0.5) is 0 Å². The molecule has 4 rings (SSSR count). The molecule has 3 amide bonds. The number of carbonyl (C=O) groups is 3. The maximum atomic E-state index is 12.9. The number of amides is 3. The van der Waals surface area contributed by atoms with Crippen LogP contribution in [-0.4, -0.2) is 93.6 Å². The Bertz CT molecular complexity index is 970. The highest BCUT2D eigenvalue weighted by molar-refractivity contribution is 6.42. The number of rotatable bonds is 6. The van der Waals surface area contributed by atoms with Crippen molar-refractivity contribution in [2.24, 2.45) is 5.41 Å². The van der Waals surface area contributed by atoms with Crippen LogP contribution in [0.25, 0.3) is 0 Å². The van der Waals surface area contributed by atoms with Crippen molar-refractivity contribution in [2.75, 3.05) is 32.7 Å². The predicted molar refractivity (Wildman–Crippen MR) is 127 cm³/mol. The predicted octanol–water partition coefficient (Wildman–Crippen LogP) is 1.72. The number of β-amino-alcohol motifs (C(OH)–C–C–N with tert-alkyl or cyclic N) is 2. The van der Waals surface area contributed by atoms with Crippen LogP contribution in [-0.2, 0) is 20.8 Å². The Labute approximate surface area is 209 Å². The molecular weight excluding hydrogens is 481 g/mol. The van der Waals surface area contributed by atoms with Gasteiger partial charge in [0.2, 0.25) is 17.7 Å². The van der Waals surface area contributed by atoms with Crippen molar-refractivity contribution in [2.45, 2.75) is 57.3 Å². The van der Waals surface area contributed by atoms with Crippen LogP contribution in [0.5, 0.6) is 0 Å². The molecule has 1 aliphatic carbocycles. The maximum absolute atomic E-state index is 12.9. The Balaban J connectivity index is 1.26. The van der Waals surface area contributed by atoms with Gasteiger partial charge in [-0.15, -0.1) is 0 Å². The second kappa shape index (κ2) is 10.0. The van der Waals surface area contributed by atoms with Crippen LogP contribution in [0, 0.1) is 5.41 Å². The van der Waals surface area contributed by atoms with Crippen LogP contribution in [0.3, 0.4) is 0 Å². The second-order valence-electron chi connectivity index (χ2n) is 9.80. The second-order valence-corrected chi connectivity index (χ2v) is 10.6. The number of aliphatic hydroxyl groups excluding tert-OH is 2. The summed E-state index contributed by atoms with van der Waals surface area (Å²) in [4.78, 5) is 43.0. The number of hydrogen-bond acceptors (Lipinski definition) is 5. The minimum Gasteiger partial charge on any atom is -0.391 e. The molecular formula is C24H31Cl2N3O5. The summed E-state index contributed by atoms with van der Waals surface area (Å²) in [5, 5.41) is 21.6. The molecule has 3 atom stereocenters. The van der Waals surface area contributed by atoms with Crippen molar-refractivity contribution >= 4 is 40.9 Å². The van der Waals surface area contributed by atoms with Crippen LogP contribution in [0.15, 0.2) is 18.2 Å². The van der Waals surface area contributed by atoms with E-state index in [0.717, 1.165) is 19.3 Å². The van der Waals surface area contributed by atoms with Crippen molar-refractivity contribution in [1.29, 1.82) is 0 Å². The van der Waals surface area contributed by atoms with E-state index in [0.29, 0.717) is 35.2 Å². The van der Waals surface area contributed by atoms with Crippen LogP contribution >= 0.6 is 23.2 Å². The Hall–Kier alpha value is -1.87. The summed E-state index contributed by atoms with van der Waals surface area (Å²) >= 11 is 12.0. The van der Waals surface area contributed by atoms with E-state index in [-0.39, 0.29) is 49.1 Å². The fourth-order valence-corrected chi connectivity index (χ4v) is 5.34. The van der Waals surface area contributed by atoms with Crippen LogP contribution < -0.4 is 0 Å². The SMILES string of the molecule is C[C@H]1C(=O)N(CC(O)CC(=O)N2CCC3(CC3)[C@H](O)C2)CCN1C(=O)Cc1ccc(Cl)c(Cl)c1. The third-order valence-electron chi connectivity index (χ3n) is 7.47. The highest BCUT2D eigenvalue weighted by Crippen LogP contribution is 2.53. The molecule has 3 fully saturated rings. The molecule has 186 valence electrons. The van der Waals surface area contributed by atoms with E-state index < -0.39 is 18.2 Å². The van der Waals surface area contributed by atoms with Crippen LogP contribution in [0.2, 0.25) is 10.0 Å². The molecule has 2 saturated heterocycles. The Morgan fingerprint density at radius 1 is 1.12 bits per heavy atom. The summed E-state index contributed by atoms with van der Waals surface area (Å²) in [5.41, 5.74) is 0.723. The van der Waals surface area contributed by atoms with Gasteiger partial charge in [-0.2, -0.15) is 0 Å². The lowest BCUT2D eigenvalue weighted by molar-refractivity contribution is -0.152. The topological polar surface area (TPSA) is 101 Å². The third kappa shape index (κ3) is 5.35. The molecule has 1 spiro atoms. The summed E-state index contributed by atoms with van der Waals surface area (Å²) in [6, 6.07) is 4.34. The number of hydrogen-bond donors (Lipinski definition) is 2. The lowest BCUT2D eigenvalue weighted by atomic mass is 9.90. The largest absolute Gasteiger partial charge is 0.391 e. The number of halogens is 2. The quantitative estimate of drug-likeness (QED) is 0.605. The zero-order valence-corrected chi connectivity index (χ0v) is 20.8. The van der Waals surface area contributed by atoms with Crippen molar-refractivity contribution in [3.63, 3.8) is 0 Å². The average molecular weight is 512 g/mol. The van der Waals surface area contributed by atoms with E-state index in [1.165, 1.54) is 9.80 Å². The lowest BCUT2D eigenvalue weighted by Crippen LogP contribution is -2.59. The van der Waals surface area contributed by atoms with E-state index in [1.807, 2.05) is 0 Å². The Morgan fingerprint density at radius 3 is 2.50 bits per heavy atom. The summed E-state index contributed by atoms with van der Waals surface area (Å²) in [6.45, 7) is 3.23. The number of piperidine rings is 1. The molecule has 1 unspecified atom stereocenters. The molecule has 0 bridgehead atoms. The number of benzene rings is 1. The molecule has 0 radical (unpaired) electrons. The van der Waals surface area contributed by atoms with Crippen molar-refractivity contribution in [3.05, 3.63) is 33.8 Å². The van der Waals surface area contributed by atoms with E-state index in [4.69, 9.17) is 23.2 Å². The van der Waals surface area contributed by atoms with Gasteiger partial charge >= 0.3 is 0 Å². The number of carbonyl (C=O) groups excluding carboxylic acids is 3. The van der Waals surface area contributed by atoms with Gasteiger partial charge in [0.1, 0.15) is 6.04 Å². The molecule has 2 heterocycles. The maximum Gasteiger partial charge on any atom is 0.245 e. The van der Waals surface area contributed by atoms with Crippen LogP contribution in [0.1, 0.15) is 38.2 Å². The summed E-state index contributed by atoms with van der Waals surface area (Å²) in [5.74, 6) is -0.658. The highest BCUT2D eigenvalue weighted by atomic mass is 35.5. The first kappa shape index (κ1) is 25.2. The van der Waals surface area contributed by atoms with Crippen molar-refractivity contribution in [1.82, 2.24) is 14.7 Å². The Kier molecular flexibility index (Phi) is 7.43. The minimum absolute atomic E-state index is 0.00881. The first-order valence-corrected chi connectivity index (χ1v) is 12.5. The summed E-state index contributed by atoms with van der Waals surface area (Å²) in [7, 11) is 0. The monoisotopic (exact) mass is 511 g/mol. The zero-order chi connectivity index (χ0) is 24.6. The molecule has 2 aliphatic heterocycles. The minimum atomic E-state index is -1.00. The van der Waals surface area contributed by atoms with Gasteiger partial charge < -0.3 is 24.9 Å². The van der Waals surface area contributed by atoms with Gasteiger partial charge in [0.15, 0.2) is 0 Å². The Morgan fingerprint density at radius 2 is 1.85 bits per heavy atom. The first-order valence-electron chi connectivity index (χ1n) is 11.8. The third-order valence-corrected chi connectivity index (χ3v) is 8.21. The van der Waals surface area contributed by atoms with Gasteiger partial charge in [-0.25, -0.2) is 0 Å². The zero-order valence-electron chi connectivity index (χ0n) is 19.3. The molecule has 3 aliphatic rings. The van der Waals surface area contributed by atoms with E-state index >= 15 is 0 Å². The number of likely N-dealkylation sites (tertiary alicyclic amines) is 1. The normalized spacial score (nSPS) is 25.0. The number of aliphatic hydroxyl groups is 2. The molecule has 8 nitrogen and oxygen atoms in total. The van der Waals surface area contributed by atoms with E-state index in [1.54, 1.807) is 30.0 Å². The van der Waals surface area contributed by atoms with Gasteiger partial charge in [-0.3, -0.25) is 14.4 Å². The van der Waals surface area contributed by atoms with E-state index in [9.17, 15) is 24.6 Å². The summed E-state index contributed by atoms with van der Waals surface area (Å²) in [6.07, 6.45) is 1.33. The van der Waals surface area contributed by atoms with Gasteiger partial charge in [-0.1, -0.05) is 29.3 Å². The average Bonchev–Trinajstić information content (AvgIpc) is 3.56. The van der Waals surface area contributed by atoms with Gasteiger partial charge in [0.25, 0.3) is 0 Å². The number of piperazine rings is 1. The fraction of sp³-hybridized carbons (Fsp3) is 0.625. The number of nitrogens with zero attached hydrogens (tertiary/aromatic N) is 3. The first-order chi connectivity index (χ1) is 16.1. The molecule has 34 heavy (non-hydrogen) atoms.